The quantitative estimate of drug-likeness (QED) is 0.160. The molecule has 7 nitrogen and oxygen atoms in total. The van der Waals surface area contributed by atoms with Crippen LogP contribution < -0.4 is 9.62 Å². The molecule has 1 atom stereocenters. The second kappa shape index (κ2) is 15.6. The van der Waals surface area contributed by atoms with Crippen molar-refractivity contribution in [2.45, 2.75) is 37.2 Å². The van der Waals surface area contributed by atoms with E-state index in [9.17, 15) is 18.0 Å². The van der Waals surface area contributed by atoms with Crippen LogP contribution in [0.25, 0.3) is 0 Å². The minimum atomic E-state index is -4.29. The summed E-state index contributed by atoms with van der Waals surface area (Å²) in [6.07, 6.45) is 0.930. The standard InChI is InChI=1S/C33H32BrCl2N3O4S/c1-2-18-37-33(41)31(20-24-10-5-3-6-11-24)38(22-25-12-9-13-26(34)19-25)32(40)23-39(30-21-27(35)16-17-29(30)36)44(42,43)28-14-7-4-8-15-28/h3-17,19,21,31H,2,18,20,22-23H2,1H3,(H,37,41)/t31-/m1/s1. The van der Waals surface area contributed by atoms with Gasteiger partial charge in [-0.1, -0.05) is 107 Å². The maximum absolute atomic E-state index is 14.5. The second-order valence-electron chi connectivity index (χ2n) is 10.1. The maximum Gasteiger partial charge on any atom is 0.264 e. The Morgan fingerprint density at radius 3 is 2.18 bits per heavy atom. The third kappa shape index (κ3) is 8.63. The topological polar surface area (TPSA) is 86.8 Å². The molecule has 0 aliphatic carbocycles. The van der Waals surface area contributed by atoms with E-state index in [1.54, 1.807) is 18.2 Å². The van der Waals surface area contributed by atoms with Gasteiger partial charge in [0, 0.05) is 29.0 Å². The van der Waals surface area contributed by atoms with E-state index in [2.05, 4.69) is 21.2 Å². The van der Waals surface area contributed by atoms with Gasteiger partial charge in [-0.2, -0.15) is 0 Å². The Kier molecular flexibility index (Phi) is 11.9. The molecule has 0 fully saturated rings. The number of nitrogens with one attached hydrogen (secondary N) is 1. The Hall–Kier alpha value is -3.37. The molecule has 0 radical (unpaired) electrons. The minimum Gasteiger partial charge on any atom is -0.354 e. The zero-order valence-electron chi connectivity index (χ0n) is 24.0. The van der Waals surface area contributed by atoms with Gasteiger partial charge in [0.2, 0.25) is 11.8 Å². The zero-order chi connectivity index (χ0) is 31.7. The predicted octanol–water partition coefficient (Wildman–Crippen LogP) is 7.12. The third-order valence-corrected chi connectivity index (χ3v) is 9.67. The molecule has 0 unspecified atom stereocenters. The monoisotopic (exact) mass is 715 g/mol. The van der Waals surface area contributed by atoms with Gasteiger partial charge in [0.1, 0.15) is 12.6 Å². The fourth-order valence-corrected chi connectivity index (χ4v) is 6.99. The lowest BCUT2D eigenvalue weighted by atomic mass is 10.0. The lowest BCUT2D eigenvalue weighted by Gasteiger charge is -2.34. The molecule has 0 saturated heterocycles. The van der Waals surface area contributed by atoms with Gasteiger partial charge in [-0.25, -0.2) is 8.42 Å². The lowest BCUT2D eigenvalue weighted by molar-refractivity contribution is -0.140. The summed E-state index contributed by atoms with van der Waals surface area (Å²) < 4.78 is 29.9. The zero-order valence-corrected chi connectivity index (χ0v) is 27.9. The largest absolute Gasteiger partial charge is 0.354 e. The smallest absolute Gasteiger partial charge is 0.264 e. The van der Waals surface area contributed by atoms with Crippen LogP contribution in [0.5, 0.6) is 0 Å². The van der Waals surface area contributed by atoms with Crippen molar-refractivity contribution >= 4 is 66.7 Å². The van der Waals surface area contributed by atoms with Gasteiger partial charge < -0.3 is 10.2 Å². The molecule has 0 aromatic heterocycles. The van der Waals surface area contributed by atoms with Crippen LogP contribution in [0.3, 0.4) is 0 Å². The average Bonchev–Trinajstić information content (AvgIpc) is 3.02. The average molecular weight is 718 g/mol. The molecule has 2 amide bonds. The first kappa shape index (κ1) is 33.5. The summed E-state index contributed by atoms with van der Waals surface area (Å²) in [5, 5.41) is 3.28. The van der Waals surface area contributed by atoms with Gasteiger partial charge in [0.25, 0.3) is 10.0 Å². The Bertz CT molecular complexity index is 1690. The van der Waals surface area contributed by atoms with Gasteiger partial charge in [-0.15, -0.1) is 0 Å². The number of benzene rings is 4. The van der Waals surface area contributed by atoms with Crippen molar-refractivity contribution < 1.29 is 18.0 Å². The summed E-state index contributed by atoms with van der Waals surface area (Å²) in [5.74, 6) is -0.926. The molecule has 230 valence electrons. The molecule has 0 heterocycles. The normalized spacial score (nSPS) is 11.9. The highest BCUT2D eigenvalue weighted by atomic mass is 79.9. The first-order valence-electron chi connectivity index (χ1n) is 14.0. The van der Waals surface area contributed by atoms with Gasteiger partial charge in [-0.05, 0) is 60.0 Å². The van der Waals surface area contributed by atoms with Crippen molar-refractivity contribution in [2.24, 2.45) is 0 Å². The minimum absolute atomic E-state index is 0.0242. The molecular formula is C33H32BrCl2N3O4S. The number of hydrogen-bond acceptors (Lipinski definition) is 4. The molecule has 4 aromatic carbocycles. The van der Waals surface area contributed by atoms with Crippen LogP contribution in [0.15, 0.2) is 112 Å². The lowest BCUT2D eigenvalue weighted by Crippen LogP contribution is -2.53. The number of nitrogens with zero attached hydrogens (tertiary/aromatic N) is 2. The predicted molar refractivity (Wildman–Crippen MR) is 179 cm³/mol. The Labute approximate surface area is 277 Å². The molecule has 0 bridgehead atoms. The molecule has 4 rings (SSSR count). The highest BCUT2D eigenvalue weighted by Crippen LogP contribution is 2.33. The fraction of sp³-hybridized carbons (Fsp3) is 0.212. The Balaban J connectivity index is 1.82. The fourth-order valence-electron chi connectivity index (χ4n) is 4.66. The molecule has 44 heavy (non-hydrogen) atoms. The van der Waals surface area contributed by atoms with Gasteiger partial charge >= 0.3 is 0 Å². The number of halogens is 3. The van der Waals surface area contributed by atoms with Crippen LogP contribution in [-0.2, 0) is 32.6 Å². The molecule has 11 heteroatoms. The maximum atomic E-state index is 14.5. The van der Waals surface area contributed by atoms with Gasteiger partial charge in [-0.3, -0.25) is 13.9 Å². The van der Waals surface area contributed by atoms with Crippen molar-refractivity contribution in [1.29, 1.82) is 0 Å². The SMILES string of the molecule is CCCNC(=O)[C@@H](Cc1ccccc1)N(Cc1cccc(Br)c1)C(=O)CN(c1cc(Cl)ccc1Cl)S(=O)(=O)c1ccccc1. The summed E-state index contributed by atoms with van der Waals surface area (Å²) in [6, 6.07) is 28.1. The summed E-state index contributed by atoms with van der Waals surface area (Å²) in [4.78, 5) is 29.6. The van der Waals surface area contributed by atoms with E-state index in [4.69, 9.17) is 23.2 Å². The van der Waals surface area contributed by atoms with E-state index in [1.165, 1.54) is 35.2 Å². The summed E-state index contributed by atoms with van der Waals surface area (Å²) in [7, 11) is -4.29. The van der Waals surface area contributed by atoms with Crippen LogP contribution in [0.4, 0.5) is 5.69 Å². The molecule has 0 aliphatic heterocycles. The summed E-state index contributed by atoms with van der Waals surface area (Å²) >= 11 is 16.3. The summed E-state index contributed by atoms with van der Waals surface area (Å²) in [6.45, 7) is 1.79. The van der Waals surface area contributed by atoms with Crippen molar-refractivity contribution in [1.82, 2.24) is 10.2 Å². The Morgan fingerprint density at radius 1 is 0.864 bits per heavy atom. The van der Waals surface area contributed by atoms with Crippen LogP contribution in [0.2, 0.25) is 10.0 Å². The van der Waals surface area contributed by atoms with Crippen LogP contribution in [0, 0.1) is 0 Å². The van der Waals surface area contributed by atoms with Crippen molar-refractivity contribution in [3.8, 4) is 0 Å². The van der Waals surface area contributed by atoms with E-state index >= 15 is 0 Å². The first-order chi connectivity index (χ1) is 21.1. The van der Waals surface area contributed by atoms with E-state index in [0.717, 1.165) is 19.9 Å². The number of amides is 2. The second-order valence-corrected chi connectivity index (χ2v) is 13.7. The summed E-state index contributed by atoms with van der Waals surface area (Å²) in [5.41, 5.74) is 1.66. The highest BCUT2D eigenvalue weighted by Gasteiger charge is 2.35. The molecular weight excluding hydrogens is 685 g/mol. The molecule has 4 aromatic rings. The van der Waals surface area contributed by atoms with Crippen molar-refractivity contribution in [3.63, 3.8) is 0 Å². The number of carbonyl (C=O) groups is 2. The molecule has 0 saturated carbocycles. The number of anilines is 1. The van der Waals surface area contributed by atoms with Gasteiger partial charge in [0.15, 0.2) is 0 Å². The van der Waals surface area contributed by atoms with Crippen molar-refractivity contribution in [2.75, 3.05) is 17.4 Å². The van der Waals surface area contributed by atoms with Crippen LogP contribution >= 0.6 is 39.1 Å². The first-order valence-corrected chi connectivity index (χ1v) is 17.0. The van der Waals surface area contributed by atoms with Gasteiger partial charge in [0.05, 0.1) is 15.6 Å². The van der Waals surface area contributed by atoms with E-state index in [0.29, 0.717) is 13.0 Å². The van der Waals surface area contributed by atoms with E-state index in [1.807, 2.05) is 61.5 Å². The van der Waals surface area contributed by atoms with E-state index in [-0.39, 0.29) is 39.5 Å². The number of sulfonamides is 1. The van der Waals surface area contributed by atoms with Crippen molar-refractivity contribution in [3.05, 3.63) is 129 Å². The number of rotatable bonds is 13. The highest BCUT2D eigenvalue weighted by molar-refractivity contribution is 9.10. The number of hydrogen-bond donors (Lipinski definition) is 1. The molecule has 0 spiro atoms. The third-order valence-electron chi connectivity index (χ3n) is 6.85. The van der Waals surface area contributed by atoms with E-state index < -0.39 is 28.5 Å². The van der Waals surface area contributed by atoms with Crippen LogP contribution in [0.1, 0.15) is 24.5 Å². The molecule has 1 N–H and O–H groups in total. The molecule has 0 aliphatic rings. The number of carbonyl (C=O) groups excluding carboxylic acids is 2. The van der Waals surface area contributed by atoms with Crippen LogP contribution in [-0.4, -0.2) is 44.3 Å². The Morgan fingerprint density at radius 2 is 1.52 bits per heavy atom.